The molecule has 10 rings (SSSR count). The molecular formula is C63H70N6O14S2. The molecule has 5 aromatic carbocycles. The number of aliphatic imine (C=N–C) groups is 1. The van der Waals surface area contributed by atoms with Crippen LogP contribution in [-0.4, -0.2) is 137 Å². The quantitative estimate of drug-likeness (QED) is 0.0280. The molecule has 0 saturated carbocycles. The van der Waals surface area contributed by atoms with Gasteiger partial charge in [0.2, 0.25) is 5.91 Å². The maximum atomic E-state index is 14.8. The highest BCUT2D eigenvalue weighted by atomic mass is 33.1. The molecule has 0 unspecified atom stereocenters. The number of ether oxygens (including phenoxy) is 7. The van der Waals surface area contributed by atoms with Crippen molar-refractivity contribution in [3.63, 3.8) is 0 Å². The second-order valence-corrected chi connectivity index (χ2v) is 24.7. The van der Waals surface area contributed by atoms with Crippen molar-refractivity contribution in [3.8, 4) is 23.0 Å². The van der Waals surface area contributed by atoms with Crippen LogP contribution in [0.3, 0.4) is 0 Å². The Labute approximate surface area is 502 Å². The first-order valence-electron chi connectivity index (χ1n) is 28.5. The van der Waals surface area contributed by atoms with E-state index in [0.717, 1.165) is 28.9 Å². The minimum Gasteiger partial charge on any atom is -0.493 e. The summed E-state index contributed by atoms with van der Waals surface area (Å²) in [7, 11) is 7.84. The maximum Gasteiger partial charge on any atom is 0.333 e. The number of hydrogen-bond acceptors (Lipinski definition) is 18. The van der Waals surface area contributed by atoms with E-state index in [-0.39, 0.29) is 86.6 Å². The largest absolute Gasteiger partial charge is 0.493 e. The number of hydrogen-bond donors (Lipinski definition) is 1. The van der Waals surface area contributed by atoms with E-state index in [0.29, 0.717) is 125 Å². The fourth-order valence-electron chi connectivity index (χ4n) is 10.9. The summed E-state index contributed by atoms with van der Waals surface area (Å²) in [5.41, 5.74) is 7.82. The molecule has 85 heavy (non-hydrogen) atoms. The number of amides is 5. The number of rotatable bonds is 28. The number of methoxy groups -OCH3 is 3. The molecule has 22 heteroatoms. The molecule has 1 fully saturated rings. The van der Waals surface area contributed by atoms with Crippen LogP contribution in [0.4, 0.5) is 28.4 Å². The molecule has 5 aromatic rings. The number of nitrogens with zero attached hydrogens (tertiary/aromatic N) is 5. The highest BCUT2D eigenvalue weighted by Gasteiger charge is 2.39. The number of para-hydroxylation sites is 2. The monoisotopic (exact) mass is 1200 g/mol. The van der Waals surface area contributed by atoms with E-state index in [9.17, 15) is 28.8 Å². The van der Waals surface area contributed by atoms with Crippen molar-refractivity contribution in [1.82, 2.24) is 5.06 Å². The molecule has 5 aliphatic rings. The van der Waals surface area contributed by atoms with Gasteiger partial charge in [0.1, 0.15) is 13.2 Å². The average Bonchev–Trinajstić information content (AvgIpc) is 2.86. The fourth-order valence-corrected chi connectivity index (χ4v) is 13.5. The zero-order valence-electron chi connectivity index (χ0n) is 48.4. The van der Waals surface area contributed by atoms with Crippen molar-refractivity contribution in [2.75, 3.05) is 93.2 Å². The van der Waals surface area contributed by atoms with Crippen LogP contribution in [0.25, 0.3) is 0 Å². The lowest BCUT2D eigenvalue weighted by molar-refractivity contribution is -0.197. The first-order chi connectivity index (χ1) is 41.2. The van der Waals surface area contributed by atoms with Crippen LogP contribution < -0.4 is 39.0 Å². The Morgan fingerprint density at radius 2 is 1.33 bits per heavy atom. The van der Waals surface area contributed by atoms with E-state index in [1.807, 2.05) is 71.8 Å². The number of carbonyl (C=O) groups is 6. The molecular weight excluding hydrogens is 1130 g/mol. The zero-order chi connectivity index (χ0) is 59.6. The topological polar surface area (TPSA) is 214 Å². The van der Waals surface area contributed by atoms with Crippen LogP contribution in [0.2, 0.25) is 0 Å². The summed E-state index contributed by atoms with van der Waals surface area (Å²) in [5.74, 6) is -0.0820. The first-order valence-corrected chi connectivity index (χ1v) is 30.8. The summed E-state index contributed by atoms with van der Waals surface area (Å²) in [4.78, 5) is 94.8. The maximum absolute atomic E-state index is 14.8. The van der Waals surface area contributed by atoms with E-state index in [1.165, 1.54) is 14.2 Å². The Morgan fingerprint density at radius 3 is 2.02 bits per heavy atom. The van der Waals surface area contributed by atoms with Crippen molar-refractivity contribution in [2.45, 2.75) is 95.3 Å². The average molecular weight is 1200 g/mol. The van der Waals surface area contributed by atoms with Gasteiger partial charge in [0.05, 0.1) is 81.8 Å². The van der Waals surface area contributed by atoms with Gasteiger partial charge in [-0.1, -0.05) is 58.0 Å². The molecule has 5 amide bonds. The number of nitrogens with one attached hydrogen (secondary N) is 1. The molecule has 448 valence electrons. The molecule has 2 atom stereocenters. The molecule has 5 aliphatic heterocycles. The zero-order valence-corrected chi connectivity index (χ0v) is 50.0. The Hall–Kier alpha value is -7.63. The van der Waals surface area contributed by atoms with Gasteiger partial charge in [-0.05, 0) is 97.8 Å². The summed E-state index contributed by atoms with van der Waals surface area (Å²) in [5, 5.41) is 4.07. The standard InChI is InChI=1S/C63H70N6O14S2/c1-63(2,85-84-26-10-15-60(73)83-69-58(71)16-17-59(69)72)19-18-57(70)66(20-21-79-24-25-80-23-22-76-3)44-28-40(38-81-55-34-49-47(32-53(55)77-4)61(74)67-45(36-64-49)30-42-11-6-8-13-51(42)67)27-41(29-44)39-82-56-35-50-48(33-54(56)78-5)62(75)68-46(37-65-50)31-43-12-7-9-14-52(43)68/h6-9,11-14,27-29,32-36,45-46,65H,10,15-26,30-31,37-39H2,1-5H3/t45-,46-/m0/s1. The van der Waals surface area contributed by atoms with Crippen LogP contribution >= 0.6 is 21.6 Å². The number of hydroxylamine groups is 2. The minimum absolute atomic E-state index is 0.00916. The van der Waals surface area contributed by atoms with Crippen LogP contribution in [0, 0.1) is 0 Å². The second-order valence-electron chi connectivity index (χ2n) is 21.6. The summed E-state index contributed by atoms with van der Waals surface area (Å²) >= 11 is 0. The molecule has 0 spiro atoms. The van der Waals surface area contributed by atoms with Crippen molar-refractivity contribution < 1.29 is 66.8 Å². The number of imide groups is 1. The fraction of sp³-hybridized carbons (Fsp3) is 0.413. The van der Waals surface area contributed by atoms with E-state index in [1.54, 1.807) is 62.8 Å². The Morgan fingerprint density at radius 1 is 0.706 bits per heavy atom. The van der Waals surface area contributed by atoms with Crippen LogP contribution in [0.5, 0.6) is 23.0 Å². The molecule has 1 saturated heterocycles. The number of fused-ring (bicyclic) bond motifs is 8. The lowest BCUT2D eigenvalue weighted by atomic mass is 10.1. The lowest BCUT2D eigenvalue weighted by Crippen LogP contribution is -2.39. The lowest BCUT2D eigenvalue weighted by Gasteiger charge is -2.27. The molecule has 0 aromatic heterocycles. The normalized spacial score (nSPS) is 16.6. The predicted molar refractivity (Wildman–Crippen MR) is 325 cm³/mol. The summed E-state index contributed by atoms with van der Waals surface area (Å²) in [6.07, 6.45) is 4.42. The van der Waals surface area contributed by atoms with Gasteiger partial charge in [-0.2, -0.15) is 0 Å². The van der Waals surface area contributed by atoms with Gasteiger partial charge in [0.25, 0.3) is 23.6 Å². The van der Waals surface area contributed by atoms with Crippen LogP contribution in [-0.2, 0) is 64.3 Å². The molecule has 0 aliphatic carbocycles. The molecule has 20 nitrogen and oxygen atoms in total. The number of carbonyl (C=O) groups excluding carboxylic acids is 6. The van der Waals surface area contributed by atoms with E-state index >= 15 is 0 Å². The predicted octanol–water partition coefficient (Wildman–Crippen LogP) is 9.49. The van der Waals surface area contributed by atoms with Crippen molar-refractivity contribution in [1.29, 1.82) is 0 Å². The van der Waals surface area contributed by atoms with Gasteiger partial charge < -0.3 is 53.1 Å². The van der Waals surface area contributed by atoms with Crippen LogP contribution in [0.1, 0.15) is 95.3 Å². The van der Waals surface area contributed by atoms with Crippen molar-refractivity contribution >= 4 is 91.7 Å². The van der Waals surface area contributed by atoms with Gasteiger partial charge in [-0.25, -0.2) is 4.79 Å². The molecule has 0 radical (unpaired) electrons. The van der Waals surface area contributed by atoms with Crippen molar-refractivity contribution in [2.24, 2.45) is 4.99 Å². The van der Waals surface area contributed by atoms with Gasteiger partial charge >= 0.3 is 5.97 Å². The van der Waals surface area contributed by atoms with Gasteiger partial charge in [0, 0.05) is 98.2 Å². The van der Waals surface area contributed by atoms with E-state index in [4.69, 9.17) is 43.0 Å². The summed E-state index contributed by atoms with van der Waals surface area (Å²) < 4.78 is 41.4. The smallest absolute Gasteiger partial charge is 0.333 e. The molecule has 5 heterocycles. The number of anilines is 4. The summed E-state index contributed by atoms with van der Waals surface area (Å²) in [6, 6.07) is 28.2. The van der Waals surface area contributed by atoms with E-state index < -0.39 is 17.8 Å². The Kier molecular flexibility index (Phi) is 19.6. The third-order valence-corrected chi connectivity index (χ3v) is 18.7. The SMILES string of the molecule is COCCOCCOCCN(C(=O)CCC(C)(C)SSCCCC(=O)ON1C(=O)CCC1=O)c1cc(COc2cc3c(cc2OC)C(=O)N2c4ccccc4C[C@H]2C=N3)cc(COc2cc3c(cc2OC)C(=O)N2c4ccccc4C[C@H]2CN3)c1. The second kappa shape index (κ2) is 27.6. The molecule has 0 bridgehead atoms. The number of benzene rings is 5. The van der Waals surface area contributed by atoms with Gasteiger partial charge in [-0.3, -0.25) is 33.9 Å². The van der Waals surface area contributed by atoms with Crippen LogP contribution in [0.15, 0.2) is 96.0 Å². The van der Waals surface area contributed by atoms with Crippen molar-refractivity contribution in [3.05, 3.63) is 124 Å². The highest BCUT2D eigenvalue weighted by Crippen LogP contribution is 2.44. The first kappa shape index (κ1) is 60.5. The summed E-state index contributed by atoms with van der Waals surface area (Å²) in [6.45, 7) is 6.59. The third-order valence-electron chi connectivity index (χ3n) is 15.2. The Balaban J connectivity index is 0.895. The minimum atomic E-state index is -0.642. The third kappa shape index (κ3) is 14.2. The van der Waals surface area contributed by atoms with Gasteiger partial charge in [-0.15, -0.1) is 5.06 Å². The highest BCUT2D eigenvalue weighted by molar-refractivity contribution is 8.77. The molecule has 1 N–H and O–H groups in total. The van der Waals surface area contributed by atoms with Gasteiger partial charge in [0.15, 0.2) is 23.0 Å². The Bertz CT molecular complexity index is 3340. The van der Waals surface area contributed by atoms with E-state index in [2.05, 4.69) is 25.2 Å².